The highest BCUT2D eigenvalue weighted by molar-refractivity contribution is 5.79. The van der Waals surface area contributed by atoms with Crippen LogP contribution in [0.5, 0.6) is 0 Å². The number of nitrogens with zero attached hydrogens (tertiary/aromatic N) is 3. The molecule has 3 rings (SSSR count). The molecule has 0 saturated heterocycles. The van der Waals surface area contributed by atoms with E-state index in [4.69, 9.17) is 4.98 Å². The molecule has 4 nitrogen and oxygen atoms in total. The Labute approximate surface area is 142 Å². The topological polar surface area (TPSA) is 38.1 Å². The van der Waals surface area contributed by atoms with E-state index >= 15 is 0 Å². The molecule has 0 atom stereocenters. The van der Waals surface area contributed by atoms with Crippen LogP contribution in [0.2, 0.25) is 0 Å². The number of aromatic nitrogens is 2. The Kier molecular flexibility index (Phi) is 5.06. The van der Waals surface area contributed by atoms with Crippen LogP contribution in [-0.2, 0) is 6.54 Å². The first-order chi connectivity index (χ1) is 11.7. The van der Waals surface area contributed by atoms with Crippen molar-refractivity contribution in [3.63, 3.8) is 0 Å². The fourth-order valence-electron chi connectivity index (χ4n) is 2.96. The van der Waals surface area contributed by atoms with Crippen molar-refractivity contribution in [1.29, 1.82) is 0 Å². The molecule has 0 fully saturated rings. The molecule has 0 unspecified atom stereocenters. The number of para-hydroxylation sites is 1. The standard InChI is InChI=1S/C20H23N3O/c1-3-22(4-2)14-15-23-19(16-10-6-5-7-11-16)21-18-13-9-8-12-17(18)20(23)24/h5-13H,3-4,14-15H2,1-2H3. The maximum absolute atomic E-state index is 13.0. The van der Waals surface area contributed by atoms with Crippen LogP contribution in [0, 0.1) is 0 Å². The predicted molar refractivity (Wildman–Crippen MR) is 99.2 cm³/mol. The van der Waals surface area contributed by atoms with Gasteiger partial charge in [-0.1, -0.05) is 56.3 Å². The molecular formula is C20H23N3O. The fraction of sp³-hybridized carbons (Fsp3) is 0.300. The predicted octanol–water partition coefficient (Wildman–Crippen LogP) is 3.41. The molecular weight excluding hydrogens is 298 g/mol. The monoisotopic (exact) mass is 321 g/mol. The van der Waals surface area contributed by atoms with Gasteiger partial charge < -0.3 is 4.90 Å². The Balaban J connectivity index is 2.13. The number of rotatable bonds is 6. The van der Waals surface area contributed by atoms with Crippen LogP contribution in [0.4, 0.5) is 0 Å². The van der Waals surface area contributed by atoms with Gasteiger partial charge in [-0.25, -0.2) is 4.98 Å². The summed E-state index contributed by atoms with van der Waals surface area (Å²) in [5.74, 6) is 0.742. The normalized spacial score (nSPS) is 11.3. The molecule has 0 spiro atoms. The average molecular weight is 321 g/mol. The molecule has 0 saturated carbocycles. The van der Waals surface area contributed by atoms with Crippen LogP contribution < -0.4 is 5.56 Å². The lowest BCUT2D eigenvalue weighted by Gasteiger charge is -2.20. The van der Waals surface area contributed by atoms with Crippen molar-refractivity contribution in [3.8, 4) is 11.4 Å². The minimum atomic E-state index is 0.0339. The van der Waals surface area contributed by atoms with Crippen molar-refractivity contribution in [2.24, 2.45) is 0 Å². The van der Waals surface area contributed by atoms with Gasteiger partial charge in [0.25, 0.3) is 5.56 Å². The van der Waals surface area contributed by atoms with Gasteiger partial charge in [-0.3, -0.25) is 9.36 Å². The van der Waals surface area contributed by atoms with Crippen molar-refractivity contribution >= 4 is 10.9 Å². The van der Waals surface area contributed by atoms with Crippen LogP contribution in [0.1, 0.15) is 13.8 Å². The molecule has 124 valence electrons. The van der Waals surface area contributed by atoms with E-state index in [1.54, 1.807) is 0 Å². The number of likely N-dealkylation sites (N-methyl/N-ethyl adjacent to an activating group) is 1. The minimum Gasteiger partial charge on any atom is -0.302 e. The highest BCUT2D eigenvalue weighted by Gasteiger charge is 2.13. The zero-order valence-corrected chi connectivity index (χ0v) is 14.3. The fourth-order valence-corrected chi connectivity index (χ4v) is 2.96. The summed E-state index contributed by atoms with van der Waals surface area (Å²) in [6.45, 7) is 7.72. The third-order valence-electron chi connectivity index (χ3n) is 4.43. The number of hydrogen-bond donors (Lipinski definition) is 0. The van der Waals surface area contributed by atoms with E-state index in [0.717, 1.165) is 36.5 Å². The van der Waals surface area contributed by atoms with Crippen LogP contribution in [0.3, 0.4) is 0 Å². The highest BCUT2D eigenvalue weighted by atomic mass is 16.1. The Morgan fingerprint density at radius 1 is 0.958 bits per heavy atom. The van der Waals surface area contributed by atoms with E-state index in [2.05, 4.69) is 18.7 Å². The summed E-state index contributed by atoms with van der Waals surface area (Å²) in [6.07, 6.45) is 0. The van der Waals surface area contributed by atoms with Gasteiger partial charge >= 0.3 is 0 Å². The van der Waals surface area contributed by atoms with Gasteiger partial charge in [0.1, 0.15) is 5.82 Å². The lowest BCUT2D eigenvalue weighted by molar-refractivity contribution is 0.289. The molecule has 3 aromatic rings. The van der Waals surface area contributed by atoms with Crippen molar-refractivity contribution in [2.75, 3.05) is 19.6 Å². The van der Waals surface area contributed by atoms with Gasteiger partial charge in [-0.05, 0) is 25.2 Å². The van der Waals surface area contributed by atoms with Crippen LogP contribution in [0.15, 0.2) is 59.4 Å². The van der Waals surface area contributed by atoms with Crippen molar-refractivity contribution in [2.45, 2.75) is 20.4 Å². The summed E-state index contributed by atoms with van der Waals surface area (Å²) in [4.78, 5) is 20.1. The van der Waals surface area contributed by atoms with Crippen molar-refractivity contribution in [1.82, 2.24) is 14.5 Å². The molecule has 1 aromatic heterocycles. The largest absolute Gasteiger partial charge is 0.302 e. The average Bonchev–Trinajstić information content (AvgIpc) is 2.64. The summed E-state index contributed by atoms with van der Waals surface area (Å²) in [5.41, 5.74) is 1.76. The number of hydrogen-bond acceptors (Lipinski definition) is 3. The van der Waals surface area contributed by atoms with Gasteiger partial charge in [-0.2, -0.15) is 0 Å². The van der Waals surface area contributed by atoms with Gasteiger partial charge in [0.2, 0.25) is 0 Å². The lowest BCUT2D eigenvalue weighted by Crippen LogP contribution is -2.32. The molecule has 0 aliphatic carbocycles. The third-order valence-corrected chi connectivity index (χ3v) is 4.43. The first-order valence-corrected chi connectivity index (χ1v) is 8.52. The molecule has 1 heterocycles. The van der Waals surface area contributed by atoms with Crippen molar-refractivity contribution < 1.29 is 0 Å². The number of fused-ring (bicyclic) bond motifs is 1. The Morgan fingerprint density at radius 2 is 1.62 bits per heavy atom. The highest BCUT2D eigenvalue weighted by Crippen LogP contribution is 2.18. The molecule has 2 aromatic carbocycles. The Bertz CT molecular complexity index is 867. The molecule has 0 aliphatic rings. The van der Waals surface area contributed by atoms with Gasteiger partial charge in [0.05, 0.1) is 10.9 Å². The minimum absolute atomic E-state index is 0.0339. The molecule has 0 aliphatic heterocycles. The molecule has 4 heteroatoms. The van der Waals surface area contributed by atoms with E-state index < -0.39 is 0 Å². The summed E-state index contributed by atoms with van der Waals surface area (Å²) in [7, 11) is 0. The van der Waals surface area contributed by atoms with E-state index in [1.807, 2.05) is 59.2 Å². The maximum atomic E-state index is 13.0. The summed E-state index contributed by atoms with van der Waals surface area (Å²) < 4.78 is 1.82. The first-order valence-electron chi connectivity index (χ1n) is 8.52. The first kappa shape index (κ1) is 16.4. The van der Waals surface area contributed by atoms with Gasteiger partial charge in [0.15, 0.2) is 0 Å². The summed E-state index contributed by atoms with van der Waals surface area (Å²) >= 11 is 0. The second kappa shape index (κ2) is 7.41. The third kappa shape index (κ3) is 3.24. The zero-order chi connectivity index (χ0) is 16.9. The second-order valence-electron chi connectivity index (χ2n) is 5.80. The molecule has 0 bridgehead atoms. The van der Waals surface area contributed by atoms with E-state index in [1.165, 1.54) is 0 Å². The lowest BCUT2D eigenvalue weighted by atomic mass is 10.2. The van der Waals surface area contributed by atoms with Crippen LogP contribution in [-0.4, -0.2) is 34.1 Å². The second-order valence-corrected chi connectivity index (χ2v) is 5.80. The molecule has 0 amide bonds. The summed E-state index contributed by atoms with van der Waals surface area (Å²) in [6, 6.07) is 17.5. The maximum Gasteiger partial charge on any atom is 0.261 e. The van der Waals surface area contributed by atoms with Crippen LogP contribution >= 0.6 is 0 Å². The Morgan fingerprint density at radius 3 is 2.33 bits per heavy atom. The molecule has 24 heavy (non-hydrogen) atoms. The van der Waals surface area contributed by atoms with E-state index in [-0.39, 0.29) is 5.56 Å². The summed E-state index contributed by atoms with van der Waals surface area (Å²) in [5, 5.41) is 0.678. The zero-order valence-electron chi connectivity index (χ0n) is 14.3. The van der Waals surface area contributed by atoms with Crippen molar-refractivity contribution in [3.05, 3.63) is 65.0 Å². The quantitative estimate of drug-likeness (QED) is 0.698. The smallest absolute Gasteiger partial charge is 0.261 e. The SMILES string of the molecule is CCN(CC)CCn1c(-c2ccccc2)nc2ccccc2c1=O. The van der Waals surface area contributed by atoms with E-state index in [9.17, 15) is 4.79 Å². The van der Waals surface area contributed by atoms with Gasteiger partial charge in [-0.15, -0.1) is 0 Å². The molecule has 0 radical (unpaired) electrons. The van der Waals surface area contributed by atoms with Gasteiger partial charge in [0, 0.05) is 18.7 Å². The Hall–Kier alpha value is -2.46. The van der Waals surface area contributed by atoms with Crippen LogP contribution in [0.25, 0.3) is 22.3 Å². The molecule has 0 N–H and O–H groups in total. The number of benzene rings is 2. The van der Waals surface area contributed by atoms with E-state index in [0.29, 0.717) is 11.9 Å².